The highest BCUT2D eigenvalue weighted by Gasteiger charge is 2.30. The van der Waals surface area contributed by atoms with Crippen LogP contribution in [-0.4, -0.2) is 35.1 Å². The van der Waals surface area contributed by atoms with E-state index in [4.69, 9.17) is 0 Å². The van der Waals surface area contributed by atoms with Gasteiger partial charge in [-0.3, -0.25) is 9.59 Å². The van der Waals surface area contributed by atoms with Crippen molar-refractivity contribution in [2.75, 3.05) is 12.3 Å². The van der Waals surface area contributed by atoms with E-state index in [0.29, 0.717) is 24.3 Å². The van der Waals surface area contributed by atoms with Gasteiger partial charge >= 0.3 is 0 Å². The van der Waals surface area contributed by atoms with Crippen LogP contribution < -0.4 is 5.32 Å². The van der Waals surface area contributed by atoms with Gasteiger partial charge in [-0.05, 0) is 35.7 Å². The van der Waals surface area contributed by atoms with Crippen LogP contribution in [0.4, 0.5) is 4.39 Å². The maximum absolute atomic E-state index is 14.6. The van der Waals surface area contributed by atoms with Gasteiger partial charge in [-0.15, -0.1) is 11.8 Å². The summed E-state index contributed by atoms with van der Waals surface area (Å²) in [6.07, 6.45) is 2.17. The quantitative estimate of drug-likeness (QED) is 0.243. The summed E-state index contributed by atoms with van der Waals surface area (Å²) in [5, 5.41) is 2.99. The Morgan fingerprint density at radius 3 is 2.36 bits per heavy atom. The molecule has 0 aliphatic rings. The second kappa shape index (κ2) is 14.8. The molecule has 1 atom stereocenters. The molecule has 1 N–H and O–H groups in total. The zero-order chi connectivity index (χ0) is 25.8. The minimum absolute atomic E-state index is 0.0308. The van der Waals surface area contributed by atoms with Gasteiger partial charge in [-0.25, -0.2) is 4.39 Å². The van der Waals surface area contributed by atoms with E-state index in [1.54, 1.807) is 23.1 Å². The molecule has 0 aromatic heterocycles. The molecule has 3 aromatic rings. The van der Waals surface area contributed by atoms with Crippen LogP contribution in [-0.2, 0) is 28.3 Å². The molecule has 0 saturated heterocycles. The summed E-state index contributed by atoms with van der Waals surface area (Å²) in [7, 11) is 0. The van der Waals surface area contributed by atoms with Gasteiger partial charge in [0.1, 0.15) is 11.9 Å². The Hall–Kier alpha value is -2.64. The minimum atomic E-state index is -0.746. The summed E-state index contributed by atoms with van der Waals surface area (Å²) >= 11 is 4.92. The highest BCUT2D eigenvalue weighted by molar-refractivity contribution is 9.10. The van der Waals surface area contributed by atoms with Gasteiger partial charge < -0.3 is 10.2 Å². The minimum Gasteiger partial charge on any atom is -0.354 e. The zero-order valence-electron chi connectivity index (χ0n) is 20.5. The van der Waals surface area contributed by atoms with Crippen molar-refractivity contribution in [1.82, 2.24) is 10.2 Å². The molecule has 4 nitrogen and oxygen atoms in total. The van der Waals surface area contributed by atoms with E-state index in [9.17, 15) is 14.0 Å². The van der Waals surface area contributed by atoms with E-state index in [1.165, 1.54) is 17.8 Å². The first-order valence-electron chi connectivity index (χ1n) is 12.1. The normalized spacial score (nSPS) is 11.6. The Bertz CT molecular complexity index is 1110. The maximum atomic E-state index is 14.6. The average Bonchev–Trinajstić information content (AvgIpc) is 2.89. The van der Waals surface area contributed by atoms with E-state index in [-0.39, 0.29) is 29.9 Å². The summed E-state index contributed by atoms with van der Waals surface area (Å²) < 4.78 is 15.6. The largest absolute Gasteiger partial charge is 0.354 e. The van der Waals surface area contributed by atoms with Gasteiger partial charge in [-0.2, -0.15) is 0 Å². The lowest BCUT2D eigenvalue weighted by atomic mass is 10.0. The van der Waals surface area contributed by atoms with E-state index in [0.717, 1.165) is 28.4 Å². The number of benzene rings is 3. The van der Waals surface area contributed by atoms with Gasteiger partial charge in [0, 0.05) is 35.3 Å². The maximum Gasteiger partial charge on any atom is 0.243 e. The number of hydrogen-bond acceptors (Lipinski definition) is 3. The lowest BCUT2D eigenvalue weighted by Gasteiger charge is -2.31. The summed E-state index contributed by atoms with van der Waals surface area (Å²) in [6.45, 7) is 2.63. The van der Waals surface area contributed by atoms with Crippen molar-refractivity contribution in [3.8, 4) is 0 Å². The number of amides is 2. The van der Waals surface area contributed by atoms with E-state index >= 15 is 0 Å². The monoisotopic (exact) mass is 570 g/mol. The second-order valence-electron chi connectivity index (χ2n) is 8.58. The molecule has 36 heavy (non-hydrogen) atoms. The molecule has 2 amide bonds. The second-order valence-corrected chi connectivity index (χ2v) is 10.5. The third kappa shape index (κ3) is 8.79. The van der Waals surface area contributed by atoms with Crippen molar-refractivity contribution in [2.24, 2.45) is 0 Å². The molecule has 3 aromatic carbocycles. The molecule has 0 unspecified atom stereocenters. The Balaban J connectivity index is 1.83. The number of carbonyl (C=O) groups excluding carboxylic acids is 2. The van der Waals surface area contributed by atoms with E-state index in [2.05, 4.69) is 28.2 Å². The number of nitrogens with zero attached hydrogens (tertiary/aromatic N) is 1. The average molecular weight is 572 g/mol. The molecule has 0 bridgehead atoms. The molecule has 7 heteroatoms. The van der Waals surface area contributed by atoms with E-state index < -0.39 is 6.04 Å². The predicted molar refractivity (Wildman–Crippen MR) is 149 cm³/mol. The number of unbranched alkanes of at least 4 members (excludes halogenated alkanes) is 1. The fourth-order valence-corrected chi connectivity index (χ4v) is 4.93. The van der Waals surface area contributed by atoms with Crippen LogP contribution in [0.5, 0.6) is 0 Å². The third-order valence-corrected chi connectivity index (χ3v) is 7.32. The Morgan fingerprint density at radius 1 is 0.972 bits per heavy atom. The van der Waals surface area contributed by atoms with Crippen molar-refractivity contribution < 1.29 is 14.0 Å². The first-order chi connectivity index (χ1) is 17.5. The van der Waals surface area contributed by atoms with Gasteiger partial charge in [-0.1, -0.05) is 89.9 Å². The van der Waals surface area contributed by atoms with Crippen LogP contribution >= 0.6 is 27.7 Å². The fraction of sp³-hybridized carbons (Fsp3) is 0.310. The molecule has 0 heterocycles. The fourth-order valence-electron chi connectivity index (χ4n) is 3.79. The number of hydrogen-bond donors (Lipinski definition) is 1. The van der Waals surface area contributed by atoms with E-state index in [1.807, 2.05) is 54.6 Å². The Morgan fingerprint density at radius 2 is 1.67 bits per heavy atom. The smallest absolute Gasteiger partial charge is 0.243 e. The number of halogens is 2. The Labute approximate surface area is 225 Å². The molecule has 0 fully saturated rings. The van der Waals surface area contributed by atoms with Crippen molar-refractivity contribution >= 4 is 39.5 Å². The number of carbonyl (C=O) groups is 2. The predicted octanol–water partition coefficient (Wildman–Crippen LogP) is 6.38. The lowest BCUT2D eigenvalue weighted by molar-refractivity contribution is -0.139. The van der Waals surface area contributed by atoms with Crippen LogP contribution in [0.15, 0.2) is 83.3 Å². The molecule has 0 saturated carbocycles. The molecular weight excluding hydrogens is 539 g/mol. The van der Waals surface area contributed by atoms with Crippen LogP contribution in [0, 0.1) is 5.82 Å². The zero-order valence-corrected chi connectivity index (χ0v) is 22.9. The molecule has 0 radical (unpaired) electrons. The number of rotatable bonds is 13. The molecule has 0 aliphatic carbocycles. The van der Waals surface area contributed by atoms with Crippen molar-refractivity contribution in [3.05, 3.63) is 106 Å². The molecular formula is C29H32BrFN2O2S. The first-order valence-corrected chi connectivity index (χ1v) is 14.1. The van der Waals surface area contributed by atoms with Crippen molar-refractivity contribution in [3.63, 3.8) is 0 Å². The highest BCUT2D eigenvalue weighted by atomic mass is 79.9. The van der Waals surface area contributed by atoms with Gasteiger partial charge in [0.25, 0.3) is 0 Å². The third-order valence-electron chi connectivity index (χ3n) is 5.81. The molecule has 190 valence electrons. The van der Waals surface area contributed by atoms with Crippen LogP contribution in [0.25, 0.3) is 0 Å². The molecule has 0 aliphatic heterocycles. The lowest BCUT2D eigenvalue weighted by Crippen LogP contribution is -2.51. The van der Waals surface area contributed by atoms with Crippen LogP contribution in [0.3, 0.4) is 0 Å². The summed E-state index contributed by atoms with van der Waals surface area (Å²) in [4.78, 5) is 28.5. The molecule has 0 spiro atoms. The van der Waals surface area contributed by atoms with Gasteiger partial charge in [0.2, 0.25) is 11.8 Å². The first kappa shape index (κ1) is 27.9. The Kier molecular flexibility index (Phi) is 11.5. The number of nitrogens with one attached hydrogen (secondary N) is 1. The molecule has 3 rings (SSSR count). The highest BCUT2D eigenvalue weighted by Crippen LogP contribution is 2.20. The van der Waals surface area contributed by atoms with Gasteiger partial charge in [0.15, 0.2) is 0 Å². The summed E-state index contributed by atoms with van der Waals surface area (Å²) in [5.41, 5.74) is 2.44. The summed E-state index contributed by atoms with van der Waals surface area (Å²) in [5.74, 6) is 0.0703. The van der Waals surface area contributed by atoms with Crippen LogP contribution in [0.1, 0.15) is 36.5 Å². The van der Waals surface area contributed by atoms with Crippen LogP contribution in [0.2, 0.25) is 0 Å². The number of thioether (sulfide) groups is 1. The topological polar surface area (TPSA) is 49.4 Å². The van der Waals surface area contributed by atoms with Gasteiger partial charge in [0.05, 0.1) is 5.75 Å². The summed E-state index contributed by atoms with van der Waals surface area (Å²) in [6, 6.07) is 23.3. The SMILES string of the molecule is CCCCNC(=O)[C@H](Cc1ccccc1)N(Cc1ccccc1F)C(=O)CSCc1ccc(Br)cc1. The van der Waals surface area contributed by atoms with Crippen molar-refractivity contribution in [2.45, 2.75) is 44.5 Å². The van der Waals surface area contributed by atoms with Crippen molar-refractivity contribution in [1.29, 1.82) is 0 Å². The standard InChI is InChI=1S/C29H32BrFN2O2S/c1-2-3-17-32-29(35)27(18-22-9-5-4-6-10-22)33(19-24-11-7-8-12-26(24)31)28(34)21-36-20-23-13-15-25(30)16-14-23/h4-16,27H,2-3,17-21H2,1H3,(H,32,35)/t27-/m0/s1.